The molecule has 0 aliphatic carbocycles. The second-order valence-electron chi connectivity index (χ2n) is 6.21. The van der Waals surface area contributed by atoms with E-state index in [1.54, 1.807) is 6.07 Å². The molecule has 0 bridgehead atoms. The predicted molar refractivity (Wildman–Crippen MR) is 89.4 cm³/mol. The van der Waals surface area contributed by atoms with E-state index in [4.69, 9.17) is 0 Å². The smallest absolute Gasteiger partial charge is 0.262 e. The minimum absolute atomic E-state index is 0.0766. The van der Waals surface area contributed by atoms with Gasteiger partial charge in [0.25, 0.3) is 5.56 Å². The molecule has 2 heterocycles. The van der Waals surface area contributed by atoms with Crippen LogP contribution in [-0.4, -0.2) is 33.4 Å². The van der Waals surface area contributed by atoms with Gasteiger partial charge < -0.3 is 10.6 Å². The number of thiophene rings is 1. The number of amides is 2. The summed E-state index contributed by atoms with van der Waals surface area (Å²) in [6.45, 7) is 5.75. The molecule has 0 saturated carbocycles. The number of carbonyl (C=O) groups is 2. The first kappa shape index (κ1) is 17.1. The predicted octanol–water partition coefficient (Wildman–Crippen LogP) is 0.879. The molecule has 7 nitrogen and oxygen atoms in total. The lowest BCUT2D eigenvalue weighted by atomic mass is 10.1. The number of nitrogens with one attached hydrogen (secondary N) is 2. The van der Waals surface area contributed by atoms with Crippen LogP contribution in [0.2, 0.25) is 0 Å². The SMILES string of the molecule is CC(C)(C)NC(=O)CNC(=O)CCn1cnc2sccc2c1=O. The Bertz CT molecular complexity index is 773. The summed E-state index contributed by atoms with van der Waals surface area (Å²) >= 11 is 1.40. The van der Waals surface area contributed by atoms with Crippen LogP contribution in [0.15, 0.2) is 22.6 Å². The van der Waals surface area contributed by atoms with Crippen LogP contribution >= 0.6 is 11.3 Å². The van der Waals surface area contributed by atoms with Crippen LogP contribution in [0.5, 0.6) is 0 Å². The van der Waals surface area contributed by atoms with E-state index >= 15 is 0 Å². The number of hydrogen-bond donors (Lipinski definition) is 2. The van der Waals surface area contributed by atoms with Gasteiger partial charge in [0.15, 0.2) is 0 Å². The number of aromatic nitrogens is 2. The van der Waals surface area contributed by atoms with E-state index in [1.807, 2.05) is 26.2 Å². The molecule has 2 aromatic heterocycles. The summed E-state index contributed by atoms with van der Waals surface area (Å²) in [5.41, 5.74) is -0.494. The summed E-state index contributed by atoms with van der Waals surface area (Å²) in [5, 5.41) is 7.67. The van der Waals surface area contributed by atoms with Crippen molar-refractivity contribution < 1.29 is 9.59 Å². The van der Waals surface area contributed by atoms with Gasteiger partial charge in [0, 0.05) is 18.5 Å². The highest BCUT2D eigenvalue weighted by molar-refractivity contribution is 7.16. The first-order valence-electron chi connectivity index (χ1n) is 7.26. The van der Waals surface area contributed by atoms with Gasteiger partial charge in [-0.15, -0.1) is 11.3 Å². The standard InChI is InChI=1S/C15H20N4O3S/c1-15(2,3)18-12(21)8-16-11(20)4-6-19-9-17-13-10(14(19)22)5-7-23-13/h5,7,9H,4,6,8H2,1-3H3,(H,16,20)(H,18,21). The van der Waals surface area contributed by atoms with Crippen molar-refractivity contribution in [3.05, 3.63) is 28.1 Å². The zero-order valence-electron chi connectivity index (χ0n) is 13.4. The van der Waals surface area contributed by atoms with Crippen molar-refractivity contribution >= 4 is 33.4 Å². The first-order chi connectivity index (χ1) is 10.8. The molecule has 0 aliphatic heterocycles. The third-order valence-electron chi connectivity index (χ3n) is 2.99. The minimum Gasteiger partial charge on any atom is -0.350 e. The number of nitrogens with zero attached hydrogens (tertiary/aromatic N) is 2. The van der Waals surface area contributed by atoms with Crippen LogP contribution in [0.25, 0.3) is 10.2 Å². The molecule has 0 aromatic carbocycles. The number of aryl methyl sites for hydroxylation is 1. The Morgan fingerprint density at radius 3 is 2.74 bits per heavy atom. The maximum atomic E-state index is 12.2. The van der Waals surface area contributed by atoms with Gasteiger partial charge in [-0.1, -0.05) is 0 Å². The second-order valence-corrected chi connectivity index (χ2v) is 7.10. The monoisotopic (exact) mass is 336 g/mol. The average Bonchev–Trinajstić information content (AvgIpc) is 2.92. The highest BCUT2D eigenvalue weighted by atomic mass is 32.1. The molecule has 2 amide bonds. The minimum atomic E-state index is -0.337. The molecule has 2 aromatic rings. The van der Waals surface area contributed by atoms with Gasteiger partial charge in [0.2, 0.25) is 11.8 Å². The van der Waals surface area contributed by atoms with Crippen molar-refractivity contribution in [1.29, 1.82) is 0 Å². The highest BCUT2D eigenvalue weighted by Crippen LogP contribution is 2.13. The van der Waals surface area contributed by atoms with Gasteiger partial charge in [0.05, 0.1) is 18.3 Å². The quantitative estimate of drug-likeness (QED) is 0.847. The van der Waals surface area contributed by atoms with Crippen molar-refractivity contribution in [2.75, 3.05) is 6.54 Å². The Kier molecular flexibility index (Phi) is 5.15. The van der Waals surface area contributed by atoms with E-state index in [0.29, 0.717) is 10.2 Å². The number of fused-ring (bicyclic) bond motifs is 1. The molecule has 0 saturated heterocycles. The zero-order chi connectivity index (χ0) is 17.0. The first-order valence-corrected chi connectivity index (χ1v) is 8.14. The molecule has 0 fully saturated rings. The molecule has 0 spiro atoms. The van der Waals surface area contributed by atoms with Crippen LogP contribution < -0.4 is 16.2 Å². The normalized spacial score (nSPS) is 11.4. The van der Waals surface area contributed by atoms with Crippen LogP contribution in [-0.2, 0) is 16.1 Å². The molecule has 2 N–H and O–H groups in total. The summed E-state index contributed by atoms with van der Waals surface area (Å²) in [7, 11) is 0. The Morgan fingerprint density at radius 1 is 1.30 bits per heavy atom. The Labute approximate surface area is 137 Å². The molecule has 0 unspecified atom stereocenters. The number of hydrogen-bond acceptors (Lipinski definition) is 5. The fraction of sp³-hybridized carbons (Fsp3) is 0.467. The number of carbonyl (C=O) groups excluding carboxylic acids is 2. The van der Waals surface area contributed by atoms with Crippen LogP contribution in [0, 0.1) is 0 Å². The van der Waals surface area contributed by atoms with Gasteiger partial charge in [-0.25, -0.2) is 4.98 Å². The van der Waals surface area contributed by atoms with Crippen LogP contribution in [0.4, 0.5) is 0 Å². The molecule has 23 heavy (non-hydrogen) atoms. The van der Waals surface area contributed by atoms with Gasteiger partial charge in [-0.2, -0.15) is 0 Å². The Hall–Kier alpha value is -2.22. The molecule has 8 heteroatoms. The molecule has 2 rings (SSSR count). The summed E-state index contributed by atoms with van der Waals surface area (Å²) in [5.74, 6) is -0.532. The van der Waals surface area contributed by atoms with Crippen molar-refractivity contribution in [1.82, 2.24) is 20.2 Å². The maximum absolute atomic E-state index is 12.2. The van der Waals surface area contributed by atoms with E-state index in [1.165, 1.54) is 22.2 Å². The van der Waals surface area contributed by atoms with E-state index in [2.05, 4.69) is 15.6 Å². The summed E-state index contributed by atoms with van der Waals surface area (Å²) in [6, 6.07) is 1.72. The van der Waals surface area contributed by atoms with Crippen molar-refractivity contribution in [3.8, 4) is 0 Å². The van der Waals surface area contributed by atoms with E-state index in [-0.39, 0.29) is 42.4 Å². The van der Waals surface area contributed by atoms with Crippen molar-refractivity contribution in [2.45, 2.75) is 39.3 Å². The van der Waals surface area contributed by atoms with Gasteiger partial charge in [-0.05, 0) is 32.2 Å². The highest BCUT2D eigenvalue weighted by Gasteiger charge is 2.14. The van der Waals surface area contributed by atoms with Gasteiger partial charge in [0.1, 0.15) is 4.83 Å². The molecule has 124 valence electrons. The lowest BCUT2D eigenvalue weighted by Crippen LogP contribution is -2.46. The summed E-state index contributed by atoms with van der Waals surface area (Å²) < 4.78 is 1.41. The largest absolute Gasteiger partial charge is 0.350 e. The molecular formula is C15H20N4O3S. The summed E-state index contributed by atoms with van der Waals surface area (Å²) in [4.78, 5) is 40.4. The molecule has 0 aliphatic rings. The second kappa shape index (κ2) is 6.91. The topological polar surface area (TPSA) is 93.1 Å². The van der Waals surface area contributed by atoms with E-state index in [9.17, 15) is 14.4 Å². The maximum Gasteiger partial charge on any atom is 0.262 e. The van der Waals surface area contributed by atoms with Crippen molar-refractivity contribution in [3.63, 3.8) is 0 Å². The van der Waals surface area contributed by atoms with Gasteiger partial charge in [-0.3, -0.25) is 19.0 Å². The third kappa shape index (κ3) is 4.88. The average molecular weight is 336 g/mol. The van der Waals surface area contributed by atoms with Gasteiger partial charge >= 0.3 is 0 Å². The van der Waals surface area contributed by atoms with Crippen molar-refractivity contribution in [2.24, 2.45) is 0 Å². The third-order valence-corrected chi connectivity index (χ3v) is 3.81. The van der Waals surface area contributed by atoms with E-state index < -0.39 is 0 Å². The molecule has 0 radical (unpaired) electrons. The zero-order valence-corrected chi connectivity index (χ0v) is 14.2. The Balaban J connectivity index is 1.85. The van der Waals surface area contributed by atoms with Crippen LogP contribution in [0.1, 0.15) is 27.2 Å². The fourth-order valence-corrected chi connectivity index (χ4v) is 2.73. The fourth-order valence-electron chi connectivity index (χ4n) is 2.00. The molecular weight excluding hydrogens is 316 g/mol. The van der Waals surface area contributed by atoms with Crippen LogP contribution in [0.3, 0.4) is 0 Å². The Morgan fingerprint density at radius 2 is 2.04 bits per heavy atom. The lowest BCUT2D eigenvalue weighted by Gasteiger charge is -2.20. The summed E-state index contributed by atoms with van der Waals surface area (Å²) in [6.07, 6.45) is 1.56. The molecule has 0 atom stereocenters. The van der Waals surface area contributed by atoms with E-state index in [0.717, 1.165) is 0 Å². The lowest BCUT2D eigenvalue weighted by molar-refractivity contribution is -0.127. The number of rotatable bonds is 5.